The van der Waals surface area contributed by atoms with Crippen molar-refractivity contribution in [3.05, 3.63) is 41.7 Å². The van der Waals surface area contributed by atoms with Gasteiger partial charge in [-0.3, -0.25) is 0 Å². The van der Waals surface area contributed by atoms with Crippen LogP contribution in [0.3, 0.4) is 0 Å². The van der Waals surface area contributed by atoms with Gasteiger partial charge in [0.25, 0.3) is 0 Å². The van der Waals surface area contributed by atoms with Crippen LogP contribution in [0.2, 0.25) is 0 Å². The SMILES string of the molecule is CCNS(=O)(=O)c1c(C)nn(-c2ccccc2)c1C. The zero-order chi connectivity index (χ0) is 14.0. The Morgan fingerprint density at radius 3 is 2.42 bits per heavy atom. The maximum Gasteiger partial charge on any atom is 0.244 e. The monoisotopic (exact) mass is 279 g/mol. The van der Waals surface area contributed by atoms with Crippen LogP contribution >= 0.6 is 0 Å². The molecule has 1 heterocycles. The molecule has 0 atom stereocenters. The first-order valence-electron chi connectivity index (χ1n) is 6.08. The number of nitrogens with zero attached hydrogens (tertiary/aromatic N) is 2. The van der Waals surface area contributed by atoms with Crippen LogP contribution < -0.4 is 4.72 Å². The molecule has 102 valence electrons. The molecular formula is C13H17N3O2S. The van der Waals surface area contributed by atoms with E-state index in [1.807, 2.05) is 30.3 Å². The van der Waals surface area contributed by atoms with Gasteiger partial charge in [0.2, 0.25) is 10.0 Å². The first kappa shape index (κ1) is 13.8. The van der Waals surface area contributed by atoms with Gasteiger partial charge in [-0.15, -0.1) is 0 Å². The van der Waals surface area contributed by atoms with E-state index in [9.17, 15) is 8.42 Å². The van der Waals surface area contributed by atoms with Crippen LogP contribution in [-0.2, 0) is 10.0 Å². The normalized spacial score (nSPS) is 11.7. The first-order valence-corrected chi connectivity index (χ1v) is 7.57. The lowest BCUT2D eigenvalue weighted by atomic mass is 10.3. The van der Waals surface area contributed by atoms with Gasteiger partial charge in [0.1, 0.15) is 4.90 Å². The van der Waals surface area contributed by atoms with Gasteiger partial charge in [0, 0.05) is 6.54 Å². The molecule has 19 heavy (non-hydrogen) atoms. The summed E-state index contributed by atoms with van der Waals surface area (Å²) in [6.07, 6.45) is 0. The molecule has 2 rings (SSSR count). The summed E-state index contributed by atoms with van der Waals surface area (Å²) in [5.41, 5.74) is 1.97. The number of hydrogen-bond acceptors (Lipinski definition) is 3. The highest BCUT2D eigenvalue weighted by molar-refractivity contribution is 7.89. The summed E-state index contributed by atoms with van der Waals surface area (Å²) in [4.78, 5) is 0.262. The molecule has 0 fully saturated rings. The van der Waals surface area contributed by atoms with Gasteiger partial charge >= 0.3 is 0 Å². The standard InChI is InChI=1S/C13H17N3O2S/c1-4-14-19(17,18)13-10(2)15-16(11(13)3)12-8-6-5-7-9-12/h5-9,14H,4H2,1-3H3. The van der Waals surface area contributed by atoms with Crippen LogP contribution in [0.1, 0.15) is 18.3 Å². The molecule has 1 aromatic heterocycles. The molecule has 0 amide bonds. The Bertz CT molecular complexity index is 675. The number of benzene rings is 1. The fourth-order valence-corrected chi connectivity index (χ4v) is 3.53. The molecule has 0 bridgehead atoms. The summed E-state index contributed by atoms with van der Waals surface area (Å²) in [6, 6.07) is 9.48. The molecule has 1 N–H and O–H groups in total. The molecule has 0 aliphatic rings. The van der Waals surface area contributed by atoms with E-state index >= 15 is 0 Å². The molecule has 0 saturated heterocycles. The third kappa shape index (κ3) is 2.54. The topological polar surface area (TPSA) is 64.0 Å². The average Bonchev–Trinajstić information content (AvgIpc) is 2.66. The van der Waals surface area contributed by atoms with Gasteiger partial charge in [-0.2, -0.15) is 5.10 Å². The number of aryl methyl sites for hydroxylation is 1. The highest BCUT2D eigenvalue weighted by Crippen LogP contribution is 2.22. The minimum absolute atomic E-state index is 0.262. The van der Waals surface area contributed by atoms with Crippen molar-refractivity contribution in [3.8, 4) is 5.69 Å². The highest BCUT2D eigenvalue weighted by atomic mass is 32.2. The van der Waals surface area contributed by atoms with E-state index in [0.29, 0.717) is 17.9 Å². The minimum Gasteiger partial charge on any atom is -0.236 e. The van der Waals surface area contributed by atoms with Crippen molar-refractivity contribution in [2.75, 3.05) is 6.54 Å². The van der Waals surface area contributed by atoms with Crippen molar-refractivity contribution < 1.29 is 8.42 Å². The molecule has 5 nitrogen and oxygen atoms in total. The molecule has 2 aromatic rings. The second-order valence-electron chi connectivity index (χ2n) is 4.25. The van der Waals surface area contributed by atoms with Crippen molar-refractivity contribution >= 4 is 10.0 Å². The average molecular weight is 279 g/mol. The molecule has 0 radical (unpaired) electrons. The summed E-state index contributed by atoms with van der Waals surface area (Å²) in [7, 11) is -3.49. The second kappa shape index (κ2) is 5.14. The second-order valence-corrected chi connectivity index (χ2v) is 5.95. The number of nitrogens with one attached hydrogen (secondary N) is 1. The number of rotatable bonds is 4. The van der Waals surface area contributed by atoms with Crippen LogP contribution in [0.5, 0.6) is 0 Å². The number of aromatic nitrogens is 2. The van der Waals surface area contributed by atoms with Crippen molar-refractivity contribution in [2.45, 2.75) is 25.7 Å². The van der Waals surface area contributed by atoms with Gasteiger partial charge in [-0.25, -0.2) is 17.8 Å². The maximum absolute atomic E-state index is 12.2. The smallest absolute Gasteiger partial charge is 0.236 e. The molecule has 0 spiro atoms. The Morgan fingerprint density at radius 2 is 1.84 bits per heavy atom. The molecular weight excluding hydrogens is 262 g/mol. The lowest BCUT2D eigenvalue weighted by Gasteiger charge is -2.06. The van der Waals surface area contributed by atoms with Crippen molar-refractivity contribution in [2.24, 2.45) is 0 Å². The fraction of sp³-hybridized carbons (Fsp3) is 0.308. The fourth-order valence-electron chi connectivity index (χ4n) is 2.10. The zero-order valence-electron chi connectivity index (χ0n) is 11.2. The predicted molar refractivity (Wildman–Crippen MR) is 73.9 cm³/mol. The summed E-state index contributed by atoms with van der Waals surface area (Å²) in [6.45, 7) is 5.58. The lowest BCUT2D eigenvalue weighted by Crippen LogP contribution is -2.24. The third-order valence-electron chi connectivity index (χ3n) is 2.83. The number of hydrogen-bond donors (Lipinski definition) is 1. The lowest BCUT2D eigenvalue weighted by molar-refractivity contribution is 0.582. The molecule has 0 aliphatic heterocycles. The van der Waals surface area contributed by atoms with E-state index in [4.69, 9.17) is 0 Å². The summed E-state index contributed by atoms with van der Waals surface area (Å²) < 4.78 is 28.5. The maximum atomic E-state index is 12.2. The van der Waals surface area contributed by atoms with E-state index < -0.39 is 10.0 Å². The summed E-state index contributed by atoms with van der Waals surface area (Å²) in [5, 5.41) is 4.33. The first-order chi connectivity index (χ1) is 8.97. The van der Waals surface area contributed by atoms with E-state index in [1.54, 1.807) is 25.5 Å². The van der Waals surface area contributed by atoms with Crippen LogP contribution in [0, 0.1) is 13.8 Å². The Labute approximate surface area is 113 Å². The largest absolute Gasteiger partial charge is 0.244 e. The summed E-state index contributed by atoms with van der Waals surface area (Å²) >= 11 is 0. The Kier molecular flexibility index (Phi) is 3.73. The number of para-hydroxylation sites is 1. The predicted octanol–water partition coefficient (Wildman–Crippen LogP) is 1.79. The van der Waals surface area contributed by atoms with Gasteiger partial charge in [-0.05, 0) is 26.0 Å². The molecule has 0 saturated carbocycles. The van der Waals surface area contributed by atoms with Crippen LogP contribution in [0.4, 0.5) is 0 Å². The van der Waals surface area contributed by atoms with Gasteiger partial charge in [-0.1, -0.05) is 25.1 Å². The Balaban J connectivity index is 2.59. The van der Waals surface area contributed by atoms with Crippen LogP contribution in [0.15, 0.2) is 35.2 Å². The van der Waals surface area contributed by atoms with Crippen LogP contribution in [0.25, 0.3) is 5.69 Å². The van der Waals surface area contributed by atoms with E-state index in [-0.39, 0.29) is 4.90 Å². The van der Waals surface area contributed by atoms with E-state index in [1.165, 1.54) is 0 Å². The highest BCUT2D eigenvalue weighted by Gasteiger charge is 2.24. The zero-order valence-corrected chi connectivity index (χ0v) is 12.0. The molecule has 0 unspecified atom stereocenters. The summed E-state index contributed by atoms with van der Waals surface area (Å²) in [5.74, 6) is 0. The minimum atomic E-state index is -3.49. The molecule has 0 aliphatic carbocycles. The Hall–Kier alpha value is -1.66. The van der Waals surface area contributed by atoms with Gasteiger partial charge in [0.05, 0.1) is 17.1 Å². The third-order valence-corrected chi connectivity index (χ3v) is 4.63. The van der Waals surface area contributed by atoms with Crippen molar-refractivity contribution in [3.63, 3.8) is 0 Å². The molecule has 6 heteroatoms. The Morgan fingerprint density at radius 1 is 1.21 bits per heavy atom. The van der Waals surface area contributed by atoms with Crippen molar-refractivity contribution in [1.82, 2.24) is 14.5 Å². The van der Waals surface area contributed by atoms with Gasteiger partial charge in [0.15, 0.2) is 0 Å². The number of sulfonamides is 1. The van der Waals surface area contributed by atoms with Crippen molar-refractivity contribution in [1.29, 1.82) is 0 Å². The van der Waals surface area contributed by atoms with Gasteiger partial charge < -0.3 is 0 Å². The van der Waals surface area contributed by atoms with E-state index in [2.05, 4.69) is 9.82 Å². The van der Waals surface area contributed by atoms with Crippen LogP contribution in [-0.4, -0.2) is 24.7 Å². The molecule has 1 aromatic carbocycles. The quantitative estimate of drug-likeness (QED) is 0.928. The van der Waals surface area contributed by atoms with E-state index in [0.717, 1.165) is 5.69 Å².